The smallest absolute Gasteiger partial charge is 0.321 e. The second-order valence-electron chi connectivity index (χ2n) is 6.11. The second kappa shape index (κ2) is 7.46. The summed E-state index contributed by atoms with van der Waals surface area (Å²) >= 11 is 3.48. The van der Waals surface area contributed by atoms with Crippen molar-refractivity contribution in [2.75, 3.05) is 13.1 Å². The molecule has 3 heterocycles. The molecule has 0 aromatic carbocycles. The van der Waals surface area contributed by atoms with Gasteiger partial charge in [-0.3, -0.25) is 15.0 Å². The van der Waals surface area contributed by atoms with Crippen molar-refractivity contribution in [1.82, 2.24) is 15.5 Å². The van der Waals surface area contributed by atoms with Crippen LogP contribution in [-0.4, -0.2) is 36.0 Å². The van der Waals surface area contributed by atoms with Crippen molar-refractivity contribution < 1.29 is 9.59 Å². The standard InChI is InChI=1S/C17H21N3O2S2/c1-11(2)18-17(22)19-15(21)10-20-7-5-13-12(6-9-24-13)16(20)14-4-3-8-23-14/h3-4,6,8-9,11,16H,5,7,10H2,1-2H3,(H2,18,19,21,22)/t16-/m0/s1. The molecule has 0 spiro atoms. The van der Waals surface area contributed by atoms with Gasteiger partial charge in [-0.25, -0.2) is 4.79 Å². The van der Waals surface area contributed by atoms with Crippen molar-refractivity contribution in [1.29, 1.82) is 0 Å². The first-order valence-corrected chi connectivity index (χ1v) is 9.74. The Hall–Kier alpha value is -1.70. The summed E-state index contributed by atoms with van der Waals surface area (Å²) in [6.45, 7) is 4.75. The van der Waals surface area contributed by atoms with Crippen molar-refractivity contribution in [3.8, 4) is 0 Å². The summed E-state index contributed by atoms with van der Waals surface area (Å²) in [7, 11) is 0. The van der Waals surface area contributed by atoms with Crippen LogP contribution in [0.4, 0.5) is 4.79 Å². The molecule has 7 heteroatoms. The fraction of sp³-hybridized carbons (Fsp3) is 0.412. The summed E-state index contributed by atoms with van der Waals surface area (Å²) in [6.07, 6.45) is 0.945. The fourth-order valence-corrected chi connectivity index (χ4v) is 4.75. The highest BCUT2D eigenvalue weighted by atomic mass is 32.1. The number of urea groups is 1. The van der Waals surface area contributed by atoms with Crippen LogP contribution < -0.4 is 10.6 Å². The number of nitrogens with one attached hydrogen (secondary N) is 2. The first kappa shape index (κ1) is 17.1. The molecule has 1 aliphatic rings. The van der Waals surface area contributed by atoms with Crippen LogP contribution in [0.3, 0.4) is 0 Å². The monoisotopic (exact) mass is 363 g/mol. The minimum absolute atomic E-state index is 0.0000171. The lowest BCUT2D eigenvalue weighted by Gasteiger charge is -2.34. The molecule has 5 nitrogen and oxygen atoms in total. The summed E-state index contributed by atoms with van der Waals surface area (Å²) in [4.78, 5) is 28.7. The van der Waals surface area contributed by atoms with E-state index in [0.29, 0.717) is 0 Å². The van der Waals surface area contributed by atoms with Gasteiger partial charge in [0.05, 0.1) is 12.6 Å². The zero-order valence-corrected chi connectivity index (χ0v) is 15.4. The Kier molecular flexibility index (Phi) is 5.33. The molecular formula is C17H21N3O2S2. The Balaban J connectivity index is 1.73. The van der Waals surface area contributed by atoms with Gasteiger partial charge in [-0.15, -0.1) is 22.7 Å². The summed E-state index contributed by atoms with van der Waals surface area (Å²) in [6, 6.07) is 5.96. The van der Waals surface area contributed by atoms with Crippen LogP contribution in [0.25, 0.3) is 0 Å². The number of nitrogens with zero attached hydrogens (tertiary/aromatic N) is 1. The van der Waals surface area contributed by atoms with E-state index in [0.717, 1.165) is 13.0 Å². The number of carbonyl (C=O) groups excluding carboxylic acids is 2. The van der Waals surface area contributed by atoms with Gasteiger partial charge in [-0.2, -0.15) is 0 Å². The summed E-state index contributed by atoms with van der Waals surface area (Å²) < 4.78 is 0. The first-order valence-electron chi connectivity index (χ1n) is 7.98. The van der Waals surface area contributed by atoms with E-state index in [-0.39, 0.29) is 24.5 Å². The molecule has 3 rings (SSSR count). The molecule has 2 aromatic heterocycles. The van der Waals surface area contributed by atoms with Crippen LogP contribution in [-0.2, 0) is 11.2 Å². The number of rotatable bonds is 4. The van der Waals surface area contributed by atoms with Crippen molar-refractivity contribution in [2.24, 2.45) is 0 Å². The predicted molar refractivity (Wildman–Crippen MR) is 97.6 cm³/mol. The Labute approximate surface area is 149 Å². The number of hydrogen-bond acceptors (Lipinski definition) is 5. The number of amides is 3. The molecular weight excluding hydrogens is 342 g/mol. The van der Waals surface area contributed by atoms with Crippen molar-refractivity contribution >= 4 is 34.6 Å². The van der Waals surface area contributed by atoms with Crippen LogP contribution in [0.5, 0.6) is 0 Å². The average Bonchev–Trinajstić information content (AvgIpc) is 3.16. The molecule has 3 amide bonds. The highest BCUT2D eigenvalue weighted by Gasteiger charge is 2.31. The van der Waals surface area contributed by atoms with Gasteiger partial charge in [0.2, 0.25) is 5.91 Å². The summed E-state index contributed by atoms with van der Waals surface area (Å²) in [5, 5.41) is 9.27. The zero-order chi connectivity index (χ0) is 17.1. The van der Waals surface area contributed by atoms with Crippen molar-refractivity contribution in [2.45, 2.75) is 32.4 Å². The fourth-order valence-electron chi connectivity index (χ4n) is 2.97. The minimum Gasteiger partial charge on any atom is -0.336 e. The highest BCUT2D eigenvalue weighted by molar-refractivity contribution is 7.10. The quantitative estimate of drug-likeness (QED) is 0.878. The van der Waals surface area contributed by atoms with E-state index in [9.17, 15) is 9.59 Å². The Bertz CT molecular complexity index is 709. The van der Waals surface area contributed by atoms with Crippen LogP contribution in [0.15, 0.2) is 29.0 Å². The molecule has 0 bridgehead atoms. The van der Waals surface area contributed by atoms with Gasteiger partial charge < -0.3 is 5.32 Å². The molecule has 1 atom stereocenters. The number of carbonyl (C=O) groups is 2. The number of thiophene rings is 2. The van der Waals surface area contributed by atoms with E-state index >= 15 is 0 Å². The second-order valence-corrected chi connectivity index (χ2v) is 8.09. The molecule has 2 N–H and O–H groups in total. The average molecular weight is 364 g/mol. The lowest BCUT2D eigenvalue weighted by atomic mass is 9.98. The topological polar surface area (TPSA) is 61.4 Å². The largest absolute Gasteiger partial charge is 0.336 e. The van der Waals surface area contributed by atoms with Gasteiger partial charge in [0.25, 0.3) is 0 Å². The lowest BCUT2D eigenvalue weighted by Crippen LogP contribution is -2.48. The lowest BCUT2D eigenvalue weighted by molar-refractivity contribution is -0.121. The maximum absolute atomic E-state index is 12.3. The van der Waals surface area contributed by atoms with Gasteiger partial charge in [0.1, 0.15) is 0 Å². The van der Waals surface area contributed by atoms with Gasteiger partial charge >= 0.3 is 6.03 Å². The molecule has 0 saturated heterocycles. The van der Waals surface area contributed by atoms with Crippen LogP contribution in [0.1, 0.15) is 35.2 Å². The summed E-state index contributed by atoms with van der Waals surface area (Å²) in [5.41, 5.74) is 1.29. The third kappa shape index (κ3) is 3.85. The van der Waals surface area contributed by atoms with Gasteiger partial charge in [-0.05, 0) is 48.7 Å². The van der Waals surface area contributed by atoms with E-state index in [1.807, 2.05) is 19.9 Å². The molecule has 0 saturated carbocycles. The van der Waals surface area contributed by atoms with E-state index in [2.05, 4.69) is 38.4 Å². The number of hydrogen-bond donors (Lipinski definition) is 2. The molecule has 2 aromatic rings. The molecule has 0 aliphatic carbocycles. The highest BCUT2D eigenvalue weighted by Crippen LogP contribution is 2.39. The molecule has 0 radical (unpaired) electrons. The predicted octanol–water partition coefficient (Wildman–Crippen LogP) is 2.99. The third-order valence-corrected chi connectivity index (χ3v) is 5.82. The van der Waals surface area contributed by atoms with Gasteiger partial charge in [0.15, 0.2) is 0 Å². The normalized spacial score (nSPS) is 17.5. The van der Waals surface area contributed by atoms with E-state index in [1.54, 1.807) is 22.7 Å². The number of imide groups is 1. The van der Waals surface area contributed by atoms with Crippen LogP contribution in [0.2, 0.25) is 0 Å². The van der Waals surface area contributed by atoms with Gasteiger partial charge in [0, 0.05) is 22.3 Å². The minimum atomic E-state index is -0.434. The van der Waals surface area contributed by atoms with E-state index in [1.165, 1.54) is 15.3 Å². The van der Waals surface area contributed by atoms with Crippen molar-refractivity contribution in [3.63, 3.8) is 0 Å². The van der Waals surface area contributed by atoms with Crippen LogP contribution >= 0.6 is 22.7 Å². The third-order valence-electron chi connectivity index (χ3n) is 3.90. The molecule has 0 fully saturated rings. The zero-order valence-electron chi connectivity index (χ0n) is 13.7. The van der Waals surface area contributed by atoms with Gasteiger partial charge in [-0.1, -0.05) is 6.07 Å². The maximum atomic E-state index is 12.3. The molecule has 1 aliphatic heterocycles. The molecule has 24 heavy (non-hydrogen) atoms. The molecule has 128 valence electrons. The Morgan fingerprint density at radius 2 is 2.12 bits per heavy atom. The van der Waals surface area contributed by atoms with Crippen molar-refractivity contribution in [3.05, 3.63) is 44.3 Å². The summed E-state index contributed by atoms with van der Waals surface area (Å²) in [5.74, 6) is -0.270. The van der Waals surface area contributed by atoms with Crippen LogP contribution in [0, 0.1) is 0 Å². The number of fused-ring (bicyclic) bond motifs is 1. The SMILES string of the molecule is CC(C)NC(=O)NC(=O)CN1CCc2sccc2[C@H]1c1cccs1. The Morgan fingerprint density at radius 3 is 2.83 bits per heavy atom. The molecule has 0 unspecified atom stereocenters. The maximum Gasteiger partial charge on any atom is 0.321 e. The Morgan fingerprint density at radius 1 is 1.29 bits per heavy atom. The van der Waals surface area contributed by atoms with E-state index in [4.69, 9.17) is 0 Å². The first-order chi connectivity index (χ1) is 11.5. The van der Waals surface area contributed by atoms with E-state index < -0.39 is 6.03 Å².